The molecule has 0 nitrogen and oxygen atoms in total. The van der Waals surface area contributed by atoms with Crippen LogP contribution >= 0.6 is 0 Å². The van der Waals surface area contributed by atoms with Gasteiger partial charge < -0.3 is 0 Å². The maximum atomic E-state index is 12.9. The monoisotopic (exact) mass is 182 g/mol. The summed E-state index contributed by atoms with van der Waals surface area (Å²) >= 11 is 0. The molecule has 2 heteroatoms. The van der Waals surface area contributed by atoms with Crippen LogP contribution in [-0.2, 0) is 5.41 Å². The lowest BCUT2D eigenvalue weighted by Crippen LogP contribution is -2.05. The molecule has 1 aliphatic carbocycles. The second-order valence-electron chi connectivity index (χ2n) is 3.76. The van der Waals surface area contributed by atoms with Crippen molar-refractivity contribution in [3.63, 3.8) is 0 Å². The first-order chi connectivity index (χ1) is 6.18. The highest BCUT2D eigenvalue weighted by atomic mass is 19.2. The third-order valence-corrected chi connectivity index (χ3v) is 3.06. The molecular formula is C11H12F2. The molecule has 1 fully saturated rings. The Morgan fingerprint density at radius 1 is 1.23 bits per heavy atom. The average molecular weight is 182 g/mol. The number of hydrogen-bond acceptors (Lipinski definition) is 0. The first-order valence-corrected chi connectivity index (χ1v) is 4.63. The molecule has 0 N–H and O–H groups in total. The molecule has 0 atom stereocenters. The predicted octanol–water partition coefficient (Wildman–Crippen LogP) is 3.41. The van der Waals surface area contributed by atoms with Crippen molar-refractivity contribution in [3.8, 4) is 0 Å². The molecule has 0 saturated heterocycles. The van der Waals surface area contributed by atoms with Crippen LogP contribution in [-0.4, -0.2) is 0 Å². The van der Waals surface area contributed by atoms with E-state index in [0.29, 0.717) is 0 Å². The van der Waals surface area contributed by atoms with Crippen molar-refractivity contribution < 1.29 is 8.78 Å². The van der Waals surface area contributed by atoms with Crippen LogP contribution in [0.3, 0.4) is 0 Å². The van der Waals surface area contributed by atoms with Crippen LogP contribution in [0, 0.1) is 11.6 Å². The second kappa shape index (κ2) is 2.79. The SMILES string of the molecule is CCC1(c2ccc(F)c(F)c2)CC1. The molecule has 13 heavy (non-hydrogen) atoms. The van der Waals surface area contributed by atoms with Gasteiger partial charge in [-0.3, -0.25) is 0 Å². The molecule has 0 spiro atoms. The largest absolute Gasteiger partial charge is 0.204 e. The van der Waals surface area contributed by atoms with E-state index in [9.17, 15) is 8.78 Å². The Hall–Kier alpha value is -0.920. The summed E-state index contributed by atoms with van der Waals surface area (Å²) < 4.78 is 25.5. The summed E-state index contributed by atoms with van der Waals surface area (Å²) in [5.74, 6) is -1.48. The van der Waals surface area contributed by atoms with Crippen LogP contribution in [0.1, 0.15) is 31.7 Å². The van der Waals surface area contributed by atoms with E-state index in [2.05, 4.69) is 6.92 Å². The third-order valence-electron chi connectivity index (χ3n) is 3.06. The Morgan fingerprint density at radius 2 is 1.92 bits per heavy atom. The Labute approximate surface area is 76.6 Å². The maximum Gasteiger partial charge on any atom is 0.159 e. The van der Waals surface area contributed by atoms with Crippen LogP contribution in [0.2, 0.25) is 0 Å². The molecule has 0 amide bonds. The molecule has 0 bridgehead atoms. The minimum Gasteiger partial charge on any atom is -0.204 e. The third kappa shape index (κ3) is 1.34. The highest BCUT2D eigenvalue weighted by Gasteiger charge is 2.42. The van der Waals surface area contributed by atoms with E-state index in [-0.39, 0.29) is 5.41 Å². The predicted molar refractivity (Wildman–Crippen MR) is 47.6 cm³/mol. The Bertz CT molecular complexity index is 327. The molecule has 0 aromatic heterocycles. The van der Waals surface area contributed by atoms with E-state index >= 15 is 0 Å². The summed E-state index contributed by atoms with van der Waals surface area (Å²) in [5, 5.41) is 0. The normalized spacial score (nSPS) is 18.7. The fourth-order valence-corrected chi connectivity index (χ4v) is 1.82. The maximum absolute atomic E-state index is 12.9. The van der Waals surface area contributed by atoms with Gasteiger partial charge in [0.25, 0.3) is 0 Å². The van der Waals surface area contributed by atoms with Crippen LogP contribution in [0.4, 0.5) is 8.78 Å². The Kier molecular flexibility index (Phi) is 1.86. The lowest BCUT2D eigenvalue weighted by Gasteiger charge is -2.12. The van der Waals surface area contributed by atoms with Gasteiger partial charge in [0.2, 0.25) is 0 Å². The number of benzene rings is 1. The van der Waals surface area contributed by atoms with Gasteiger partial charge in [-0.05, 0) is 42.4 Å². The first kappa shape index (κ1) is 8.67. The quantitative estimate of drug-likeness (QED) is 0.657. The van der Waals surface area contributed by atoms with E-state index in [1.54, 1.807) is 6.07 Å². The van der Waals surface area contributed by atoms with Crippen LogP contribution in [0.15, 0.2) is 18.2 Å². The summed E-state index contributed by atoms with van der Waals surface area (Å²) in [4.78, 5) is 0. The molecule has 0 unspecified atom stereocenters. The summed E-state index contributed by atoms with van der Waals surface area (Å²) in [6.45, 7) is 2.09. The first-order valence-electron chi connectivity index (χ1n) is 4.63. The van der Waals surface area contributed by atoms with Gasteiger partial charge in [0, 0.05) is 0 Å². The van der Waals surface area contributed by atoms with Gasteiger partial charge in [-0.2, -0.15) is 0 Å². The molecule has 2 rings (SSSR count). The molecule has 1 aromatic rings. The topological polar surface area (TPSA) is 0 Å². The zero-order chi connectivity index (χ0) is 9.47. The lowest BCUT2D eigenvalue weighted by molar-refractivity contribution is 0.503. The van der Waals surface area contributed by atoms with Crippen molar-refractivity contribution in [2.75, 3.05) is 0 Å². The number of halogens is 2. The van der Waals surface area contributed by atoms with E-state index < -0.39 is 11.6 Å². The fourth-order valence-electron chi connectivity index (χ4n) is 1.82. The molecule has 1 saturated carbocycles. The highest BCUT2D eigenvalue weighted by molar-refractivity contribution is 5.31. The van der Waals surface area contributed by atoms with Gasteiger partial charge in [-0.15, -0.1) is 0 Å². The molecule has 1 aliphatic rings. The Balaban J connectivity index is 2.37. The van der Waals surface area contributed by atoms with Gasteiger partial charge in [-0.1, -0.05) is 13.0 Å². The lowest BCUT2D eigenvalue weighted by atomic mass is 9.93. The van der Waals surface area contributed by atoms with Crippen molar-refractivity contribution in [2.24, 2.45) is 0 Å². The zero-order valence-corrected chi connectivity index (χ0v) is 7.61. The second-order valence-corrected chi connectivity index (χ2v) is 3.76. The van der Waals surface area contributed by atoms with Crippen molar-refractivity contribution in [3.05, 3.63) is 35.4 Å². The average Bonchev–Trinajstić information content (AvgIpc) is 2.90. The number of rotatable bonds is 2. The molecule has 0 heterocycles. The molecule has 0 aliphatic heterocycles. The van der Waals surface area contributed by atoms with Crippen molar-refractivity contribution >= 4 is 0 Å². The molecular weight excluding hydrogens is 170 g/mol. The van der Waals surface area contributed by atoms with Crippen molar-refractivity contribution in [2.45, 2.75) is 31.6 Å². The van der Waals surface area contributed by atoms with Crippen molar-refractivity contribution in [1.82, 2.24) is 0 Å². The van der Waals surface area contributed by atoms with Gasteiger partial charge in [0.1, 0.15) is 0 Å². The summed E-state index contributed by atoms with van der Waals surface area (Å²) in [6.07, 6.45) is 3.22. The molecule has 70 valence electrons. The minimum atomic E-state index is -0.754. The van der Waals surface area contributed by atoms with E-state index in [1.165, 1.54) is 12.1 Å². The van der Waals surface area contributed by atoms with Crippen LogP contribution < -0.4 is 0 Å². The smallest absolute Gasteiger partial charge is 0.159 e. The molecule has 1 aromatic carbocycles. The van der Waals surface area contributed by atoms with Gasteiger partial charge >= 0.3 is 0 Å². The van der Waals surface area contributed by atoms with Crippen LogP contribution in [0.25, 0.3) is 0 Å². The number of hydrogen-bond donors (Lipinski definition) is 0. The van der Waals surface area contributed by atoms with E-state index in [1.807, 2.05) is 0 Å². The molecule has 0 radical (unpaired) electrons. The zero-order valence-electron chi connectivity index (χ0n) is 7.61. The van der Waals surface area contributed by atoms with Crippen LogP contribution in [0.5, 0.6) is 0 Å². The van der Waals surface area contributed by atoms with Gasteiger partial charge in [0.05, 0.1) is 0 Å². The summed E-state index contributed by atoms with van der Waals surface area (Å²) in [7, 11) is 0. The fraction of sp³-hybridized carbons (Fsp3) is 0.455. The standard InChI is InChI=1S/C11H12F2/c1-2-11(5-6-11)8-3-4-9(12)10(13)7-8/h3-4,7H,2,5-6H2,1H3. The summed E-state index contributed by atoms with van der Waals surface area (Å²) in [5.41, 5.74) is 1.11. The minimum absolute atomic E-state index is 0.161. The van der Waals surface area contributed by atoms with Crippen molar-refractivity contribution in [1.29, 1.82) is 0 Å². The highest BCUT2D eigenvalue weighted by Crippen LogP contribution is 2.50. The van der Waals surface area contributed by atoms with E-state index in [4.69, 9.17) is 0 Å². The van der Waals surface area contributed by atoms with Gasteiger partial charge in [0.15, 0.2) is 11.6 Å². The Morgan fingerprint density at radius 3 is 2.38 bits per heavy atom. The van der Waals surface area contributed by atoms with Gasteiger partial charge in [-0.25, -0.2) is 8.78 Å². The van der Waals surface area contributed by atoms with E-state index in [0.717, 1.165) is 24.8 Å². The summed E-state index contributed by atoms with van der Waals surface area (Å²) in [6, 6.07) is 4.27.